The van der Waals surface area contributed by atoms with Crippen molar-refractivity contribution >= 4 is 15.9 Å². The average molecular weight is 295 g/mol. The number of hydrogen-bond acceptors (Lipinski definition) is 0. The first-order valence-corrected chi connectivity index (χ1v) is 7.89. The van der Waals surface area contributed by atoms with E-state index in [1.165, 1.54) is 42.4 Å². The maximum atomic E-state index is 3.75. The van der Waals surface area contributed by atoms with Crippen LogP contribution in [0.25, 0.3) is 0 Å². The molecule has 0 N–H and O–H groups in total. The van der Waals surface area contributed by atoms with Gasteiger partial charge in [-0.25, -0.2) is 0 Å². The van der Waals surface area contributed by atoms with Crippen molar-refractivity contribution < 1.29 is 0 Å². The van der Waals surface area contributed by atoms with Crippen LogP contribution in [-0.2, 0) is 0 Å². The second-order valence-corrected chi connectivity index (χ2v) is 6.27. The molecule has 1 aliphatic rings. The maximum absolute atomic E-state index is 3.75. The molecule has 0 amide bonds. The fourth-order valence-electron chi connectivity index (χ4n) is 3.57. The van der Waals surface area contributed by atoms with Gasteiger partial charge in [0, 0.05) is 5.33 Å². The van der Waals surface area contributed by atoms with E-state index in [0.29, 0.717) is 0 Å². The van der Waals surface area contributed by atoms with Crippen molar-refractivity contribution in [3.05, 3.63) is 34.4 Å². The van der Waals surface area contributed by atoms with E-state index in [-0.39, 0.29) is 0 Å². The van der Waals surface area contributed by atoms with Gasteiger partial charge in [0.05, 0.1) is 0 Å². The van der Waals surface area contributed by atoms with Gasteiger partial charge in [-0.2, -0.15) is 0 Å². The van der Waals surface area contributed by atoms with E-state index in [0.717, 1.165) is 17.2 Å². The third kappa shape index (κ3) is 2.76. The smallest absolute Gasteiger partial charge is 0.0103 e. The highest BCUT2D eigenvalue weighted by atomic mass is 79.9. The molecular weight excluding hydrogens is 272 g/mol. The minimum absolute atomic E-state index is 0.720. The van der Waals surface area contributed by atoms with E-state index >= 15 is 0 Å². The number of alkyl halides is 1. The molecule has 1 aromatic carbocycles. The zero-order chi connectivity index (χ0) is 12.4. The summed E-state index contributed by atoms with van der Waals surface area (Å²) >= 11 is 3.75. The van der Waals surface area contributed by atoms with Crippen LogP contribution in [0, 0.1) is 26.7 Å². The SMILES string of the molecule is Cc1cc(C)c(C(CBr)C2CCCC2)c(C)c1. The summed E-state index contributed by atoms with van der Waals surface area (Å²) in [6.45, 7) is 6.75. The molecule has 1 fully saturated rings. The predicted octanol–water partition coefficient (Wildman–Crippen LogP) is 5.28. The Morgan fingerprint density at radius 3 is 2.12 bits per heavy atom. The number of rotatable bonds is 3. The molecule has 1 heteroatoms. The summed E-state index contributed by atoms with van der Waals surface area (Å²) in [4.78, 5) is 0. The van der Waals surface area contributed by atoms with E-state index in [2.05, 4.69) is 48.8 Å². The molecule has 0 aliphatic heterocycles. The van der Waals surface area contributed by atoms with Gasteiger partial charge in [0.15, 0.2) is 0 Å². The molecule has 0 heterocycles. The van der Waals surface area contributed by atoms with Gasteiger partial charge in [-0.3, -0.25) is 0 Å². The van der Waals surface area contributed by atoms with Crippen LogP contribution < -0.4 is 0 Å². The summed E-state index contributed by atoms with van der Waals surface area (Å²) in [6, 6.07) is 4.68. The minimum atomic E-state index is 0.720. The number of hydrogen-bond donors (Lipinski definition) is 0. The number of aryl methyl sites for hydroxylation is 3. The highest BCUT2D eigenvalue weighted by molar-refractivity contribution is 9.09. The highest BCUT2D eigenvalue weighted by Gasteiger charge is 2.27. The van der Waals surface area contributed by atoms with Crippen molar-refractivity contribution in [3.8, 4) is 0 Å². The standard InChI is InChI=1S/C16H23Br/c1-11-8-12(2)16(13(3)9-11)15(10-17)14-6-4-5-7-14/h8-9,14-15H,4-7,10H2,1-3H3. The molecule has 1 aliphatic carbocycles. The van der Waals surface area contributed by atoms with Crippen molar-refractivity contribution in [2.45, 2.75) is 52.4 Å². The first kappa shape index (κ1) is 13.1. The molecule has 0 aromatic heterocycles. The van der Waals surface area contributed by atoms with Crippen LogP contribution in [0.15, 0.2) is 12.1 Å². The third-order valence-electron chi connectivity index (χ3n) is 4.24. The second-order valence-electron chi connectivity index (χ2n) is 5.62. The van der Waals surface area contributed by atoms with Crippen LogP contribution in [0.2, 0.25) is 0 Å². The molecule has 2 rings (SSSR count). The first-order chi connectivity index (χ1) is 8.13. The largest absolute Gasteiger partial charge is 0.0921 e. The first-order valence-electron chi connectivity index (χ1n) is 6.77. The molecule has 0 nitrogen and oxygen atoms in total. The zero-order valence-electron chi connectivity index (χ0n) is 11.2. The molecule has 1 aromatic rings. The lowest BCUT2D eigenvalue weighted by atomic mass is 9.81. The van der Waals surface area contributed by atoms with Crippen molar-refractivity contribution in [2.24, 2.45) is 5.92 Å². The fourth-order valence-corrected chi connectivity index (χ4v) is 4.43. The average Bonchev–Trinajstić information content (AvgIpc) is 2.76. The van der Waals surface area contributed by atoms with Crippen LogP contribution in [0.5, 0.6) is 0 Å². The van der Waals surface area contributed by atoms with Crippen LogP contribution in [0.3, 0.4) is 0 Å². The Hall–Kier alpha value is -0.300. The summed E-state index contributed by atoms with van der Waals surface area (Å²) in [5.74, 6) is 1.62. The Bertz CT molecular complexity index is 366. The van der Waals surface area contributed by atoms with Gasteiger partial charge >= 0.3 is 0 Å². The second kappa shape index (κ2) is 5.56. The molecule has 17 heavy (non-hydrogen) atoms. The number of benzene rings is 1. The van der Waals surface area contributed by atoms with Gasteiger partial charge in [0.25, 0.3) is 0 Å². The predicted molar refractivity (Wildman–Crippen MR) is 79.1 cm³/mol. The fraction of sp³-hybridized carbons (Fsp3) is 0.625. The minimum Gasteiger partial charge on any atom is -0.0921 e. The Kier molecular flexibility index (Phi) is 4.30. The third-order valence-corrected chi connectivity index (χ3v) is 4.94. The summed E-state index contributed by atoms with van der Waals surface area (Å²) in [7, 11) is 0. The van der Waals surface area contributed by atoms with Crippen LogP contribution in [0.4, 0.5) is 0 Å². The van der Waals surface area contributed by atoms with Gasteiger partial charge < -0.3 is 0 Å². The summed E-state index contributed by atoms with van der Waals surface area (Å²) in [5.41, 5.74) is 5.97. The normalized spacial score (nSPS) is 18.6. The molecule has 0 bridgehead atoms. The monoisotopic (exact) mass is 294 g/mol. The lowest BCUT2D eigenvalue weighted by molar-refractivity contribution is 0.465. The van der Waals surface area contributed by atoms with Crippen molar-refractivity contribution in [3.63, 3.8) is 0 Å². The zero-order valence-corrected chi connectivity index (χ0v) is 12.8. The Morgan fingerprint density at radius 2 is 1.65 bits per heavy atom. The maximum Gasteiger partial charge on any atom is 0.0103 e. The lowest BCUT2D eigenvalue weighted by Gasteiger charge is -2.25. The Morgan fingerprint density at radius 1 is 1.12 bits per heavy atom. The van der Waals surface area contributed by atoms with E-state index in [1.54, 1.807) is 5.56 Å². The van der Waals surface area contributed by atoms with Crippen LogP contribution in [-0.4, -0.2) is 5.33 Å². The van der Waals surface area contributed by atoms with Crippen LogP contribution in [0.1, 0.15) is 53.9 Å². The van der Waals surface area contributed by atoms with Crippen molar-refractivity contribution in [1.82, 2.24) is 0 Å². The molecule has 94 valence electrons. The summed E-state index contributed by atoms with van der Waals surface area (Å²) in [6.07, 6.45) is 5.70. The van der Waals surface area contributed by atoms with Gasteiger partial charge in [-0.05, 0) is 62.1 Å². The van der Waals surface area contributed by atoms with Gasteiger partial charge in [0.1, 0.15) is 0 Å². The van der Waals surface area contributed by atoms with E-state index in [9.17, 15) is 0 Å². The molecule has 0 radical (unpaired) electrons. The molecule has 1 saturated carbocycles. The van der Waals surface area contributed by atoms with Gasteiger partial charge in [0.2, 0.25) is 0 Å². The molecule has 0 spiro atoms. The lowest BCUT2D eigenvalue weighted by Crippen LogP contribution is -2.14. The Labute approximate surface area is 114 Å². The molecule has 1 unspecified atom stereocenters. The van der Waals surface area contributed by atoms with E-state index in [4.69, 9.17) is 0 Å². The highest BCUT2D eigenvalue weighted by Crippen LogP contribution is 2.40. The van der Waals surface area contributed by atoms with Crippen molar-refractivity contribution in [2.75, 3.05) is 5.33 Å². The van der Waals surface area contributed by atoms with Crippen LogP contribution >= 0.6 is 15.9 Å². The van der Waals surface area contributed by atoms with E-state index < -0.39 is 0 Å². The molecule has 0 saturated heterocycles. The molecule has 1 atom stereocenters. The number of halogens is 1. The van der Waals surface area contributed by atoms with E-state index in [1.807, 2.05) is 0 Å². The summed E-state index contributed by atoms with van der Waals surface area (Å²) < 4.78 is 0. The van der Waals surface area contributed by atoms with Gasteiger partial charge in [-0.1, -0.05) is 46.5 Å². The van der Waals surface area contributed by atoms with Crippen molar-refractivity contribution in [1.29, 1.82) is 0 Å². The topological polar surface area (TPSA) is 0 Å². The van der Waals surface area contributed by atoms with Gasteiger partial charge in [-0.15, -0.1) is 0 Å². The quantitative estimate of drug-likeness (QED) is 0.665. The Balaban J connectivity index is 2.36. The molecular formula is C16H23Br. The summed E-state index contributed by atoms with van der Waals surface area (Å²) in [5, 5.41) is 1.11.